The van der Waals surface area contributed by atoms with Crippen LogP contribution in [0.4, 0.5) is 0 Å². The van der Waals surface area contributed by atoms with E-state index in [0.29, 0.717) is 6.04 Å². The average Bonchev–Trinajstić information content (AvgIpc) is 2.99. The molecular formula is C15H22N2. The van der Waals surface area contributed by atoms with Crippen molar-refractivity contribution in [2.24, 2.45) is 11.7 Å². The quantitative estimate of drug-likeness (QED) is 0.861. The molecule has 2 heteroatoms. The topological polar surface area (TPSA) is 29.3 Å². The predicted octanol–water partition coefficient (Wildman–Crippen LogP) is 2.56. The molecule has 2 N–H and O–H groups in total. The van der Waals surface area contributed by atoms with Crippen molar-refractivity contribution in [1.29, 1.82) is 0 Å². The van der Waals surface area contributed by atoms with E-state index >= 15 is 0 Å². The maximum absolute atomic E-state index is 5.81. The van der Waals surface area contributed by atoms with Gasteiger partial charge in [-0.2, -0.15) is 0 Å². The largest absolute Gasteiger partial charge is 0.330 e. The van der Waals surface area contributed by atoms with Crippen molar-refractivity contribution in [1.82, 2.24) is 4.90 Å². The lowest BCUT2D eigenvalue weighted by Crippen LogP contribution is -2.36. The Kier molecular flexibility index (Phi) is 3.17. The second kappa shape index (κ2) is 4.79. The number of likely N-dealkylation sites (tertiary alicyclic amines) is 1. The third-order valence-corrected chi connectivity index (χ3v) is 4.48. The molecule has 0 amide bonds. The van der Waals surface area contributed by atoms with Crippen molar-refractivity contribution >= 4 is 0 Å². The number of nitrogens with two attached hydrogens (primary N) is 1. The molecule has 1 aromatic rings. The highest BCUT2D eigenvalue weighted by Gasteiger charge is 2.40. The Morgan fingerprint density at radius 3 is 2.65 bits per heavy atom. The van der Waals surface area contributed by atoms with Gasteiger partial charge in [-0.1, -0.05) is 30.3 Å². The first kappa shape index (κ1) is 11.2. The summed E-state index contributed by atoms with van der Waals surface area (Å²) in [5.41, 5.74) is 7.26. The van der Waals surface area contributed by atoms with Crippen LogP contribution in [0, 0.1) is 5.92 Å². The number of hydrogen-bond donors (Lipinski definition) is 1. The number of piperidine rings is 1. The minimum Gasteiger partial charge on any atom is -0.330 e. The summed E-state index contributed by atoms with van der Waals surface area (Å²) < 4.78 is 0. The molecule has 2 aliphatic rings. The van der Waals surface area contributed by atoms with E-state index in [1.54, 1.807) is 0 Å². The van der Waals surface area contributed by atoms with E-state index < -0.39 is 0 Å². The zero-order chi connectivity index (χ0) is 11.7. The molecule has 0 radical (unpaired) electrons. The van der Waals surface area contributed by atoms with Crippen LogP contribution in [0.15, 0.2) is 30.3 Å². The predicted molar refractivity (Wildman–Crippen MR) is 70.7 cm³/mol. The molecule has 3 unspecified atom stereocenters. The smallest absolute Gasteiger partial charge is 0.0363 e. The van der Waals surface area contributed by atoms with Crippen LogP contribution in [0.5, 0.6) is 0 Å². The monoisotopic (exact) mass is 230 g/mol. The normalized spacial score (nSPS) is 29.7. The van der Waals surface area contributed by atoms with E-state index in [1.165, 1.54) is 31.4 Å². The molecule has 1 saturated heterocycles. The summed E-state index contributed by atoms with van der Waals surface area (Å²) in [7, 11) is 0. The zero-order valence-electron chi connectivity index (χ0n) is 10.4. The molecule has 0 spiro atoms. The first-order valence-corrected chi connectivity index (χ1v) is 6.89. The highest BCUT2D eigenvalue weighted by molar-refractivity contribution is 5.20. The summed E-state index contributed by atoms with van der Waals surface area (Å²) in [6.07, 6.45) is 5.37. The summed E-state index contributed by atoms with van der Waals surface area (Å²) in [6, 6.07) is 12.3. The van der Waals surface area contributed by atoms with Gasteiger partial charge in [0.1, 0.15) is 0 Å². The fraction of sp³-hybridized carbons (Fsp3) is 0.600. The van der Waals surface area contributed by atoms with Gasteiger partial charge in [0, 0.05) is 18.6 Å². The van der Waals surface area contributed by atoms with Crippen LogP contribution in [-0.4, -0.2) is 24.0 Å². The van der Waals surface area contributed by atoms with Gasteiger partial charge < -0.3 is 5.73 Å². The first-order valence-electron chi connectivity index (χ1n) is 6.89. The van der Waals surface area contributed by atoms with Gasteiger partial charge in [-0.15, -0.1) is 0 Å². The number of nitrogens with zero attached hydrogens (tertiary/aromatic N) is 1. The fourth-order valence-electron chi connectivity index (χ4n) is 3.70. The van der Waals surface area contributed by atoms with Gasteiger partial charge in [0.25, 0.3) is 0 Å². The van der Waals surface area contributed by atoms with Gasteiger partial charge >= 0.3 is 0 Å². The van der Waals surface area contributed by atoms with Crippen molar-refractivity contribution in [2.45, 2.75) is 37.8 Å². The molecule has 1 heterocycles. The molecule has 3 rings (SSSR count). The van der Waals surface area contributed by atoms with Crippen LogP contribution >= 0.6 is 0 Å². The Labute approximate surface area is 104 Å². The highest BCUT2D eigenvalue weighted by Crippen LogP contribution is 2.42. The standard InChI is InChI=1S/C15H22N2/c16-9-8-15(13-4-2-1-3-5-13)17-11-12-6-7-14(17)10-12/h1-5,12,14-15H,6-11,16H2. The van der Waals surface area contributed by atoms with Gasteiger partial charge in [-0.3, -0.25) is 4.90 Å². The summed E-state index contributed by atoms with van der Waals surface area (Å²) in [6.45, 7) is 2.08. The summed E-state index contributed by atoms with van der Waals surface area (Å²) in [5, 5.41) is 0. The maximum atomic E-state index is 5.81. The lowest BCUT2D eigenvalue weighted by atomic mass is 9.99. The Morgan fingerprint density at radius 1 is 1.24 bits per heavy atom. The van der Waals surface area contributed by atoms with Crippen molar-refractivity contribution < 1.29 is 0 Å². The molecule has 2 bridgehead atoms. The Hall–Kier alpha value is -0.860. The molecule has 17 heavy (non-hydrogen) atoms. The third-order valence-electron chi connectivity index (χ3n) is 4.48. The highest BCUT2D eigenvalue weighted by atomic mass is 15.2. The molecular weight excluding hydrogens is 208 g/mol. The van der Waals surface area contributed by atoms with E-state index in [4.69, 9.17) is 5.73 Å². The SMILES string of the molecule is NCCC(c1ccccc1)N1CC2CCC1C2. The van der Waals surface area contributed by atoms with E-state index in [1.807, 2.05) is 0 Å². The number of rotatable bonds is 4. The van der Waals surface area contributed by atoms with Crippen LogP contribution < -0.4 is 5.73 Å². The van der Waals surface area contributed by atoms with E-state index in [2.05, 4.69) is 35.2 Å². The molecule has 2 fully saturated rings. The number of fused-ring (bicyclic) bond motifs is 2. The van der Waals surface area contributed by atoms with Crippen LogP contribution in [0.2, 0.25) is 0 Å². The summed E-state index contributed by atoms with van der Waals surface area (Å²) in [5.74, 6) is 0.962. The Bertz CT molecular complexity index is 362. The third kappa shape index (κ3) is 2.12. The van der Waals surface area contributed by atoms with E-state index in [-0.39, 0.29) is 0 Å². The molecule has 1 saturated carbocycles. The van der Waals surface area contributed by atoms with Crippen LogP contribution in [0.1, 0.15) is 37.3 Å². The second-order valence-electron chi connectivity index (χ2n) is 5.53. The zero-order valence-corrected chi connectivity index (χ0v) is 10.4. The summed E-state index contributed by atoms with van der Waals surface area (Å²) >= 11 is 0. The van der Waals surface area contributed by atoms with E-state index in [9.17, 15) is 0 Å². The van der Waals surface area contributed by atoms with Crippen LogP contribution in [-0.2, 0) is 0 Å². The molecule has 1 aliphatic heterocycles. The van der Waals surface area contributed by atoms with Gasteiger partial charge in [-0.25, -0.2) is 0 Å². The Morgan fingerprint density at radius 2 is 2.06 bits per heavy atom. The maximum Gasteiger partial charge on any atom is 0.0363 e. The molecule has 2 nitrogen and oxygen atoms in total. The molecule has 1 aromatic carbocycles. The molecule has 3 atom stereocenters. The van der Waals surface area contributed by atoms with Crippen molar-refractivity contribution in [3.05, 3.63) is 35.9 Å². The minimum absolute atomic E-state index is 0.552. The number of hydrogen-bond acceptors (Lipinski definition) is 2. The molecule has 92 valence electrons. The lowest BCUT2D eigenvalue weighted by Gasteiger charge is -2.35. The van der Waals surface area contributed by atoms with Crippen molar-refractivity contribution in [2.75, 3.05) is 13.1 Å². The van der Waals surface area contributed by atoms with Crippen LogP contribution in [0.3, 0.4) is 0 Å². The summed E-state index contributed by atoms with van der Waals surface area (Å²) in [4.78, 5) is 2.72. The fourth-order valence-corrected chi connectivity index (χ4v) is 3.70. The first-order chi connectivity index (χ1) is 8.38. The van der Waals surface area contributed by atoms with E-state index in [0.717, 1.165) is 24.9 Å². The van der Waals surface area contributed by atoms with Crippen molar-refractivity contribution in [3.8, 4) is 0 Å². The van der Waals surface area contributed by atoms with Gasteiger partial charge in [0.15, 0.2) is 0 Å². The van der Waals surface area contributed by atoms with Gasteiger partial charge in [-0.05, 0) is 43.7 Å². The van der Waals surface area contributed by atoms with Gasteiger partial charge in [0.05, 0.1) is 0 Å². The molecule has 0 aromatic heterocycles. The second-order valence-corrected chi connectivity index (χ2v) is 5.53. The average molecular weight is 230 g/mol. The lowest BCUT2D eigenvalue weighted by molar-refractivity contribution is 0.143. The van der Waals surface area contributed by atoms with Gasteiger partial charge in [0.2, 0.25) is 0 Å². The number of benzene rings is 1. The van der Waals surface area contributed by atoms with Crippen molar-refractivity contribution in [3.63, 3.8) is 0 Å². The minimum atomic E-state index is 0.552. The Balaban J connectivity index is 1.81. The molecule has 1 aliphatic carbocycles. The van der Waals surface area contributed by atoms with Crippen LogP contribution in [0.25, 0.3) is 0 Å².